The van der Waals surface area contributed by atoms with Crippen LogP contribution in [0.15, 0.2) is 18.2 Å². The normalized spacial score (nSPS) is 12.1. The minimum Gasteiger partial charge on any atom is -0.399 e. The average molecular weight is 232 g/mol. The molecule has 16 heavy (non-hydrogen) atoms. The number of alkyl halides is 3. The number of aryl methyl sites for hydroxylation is 1. The molecule has 0 radical (unpaired) electrons. The van der Waals surface area contributed by atoms with Gasteiger partial charge in [-0.25, -0.2) is 0 Å². The number of anilines is 1. The van der Waals surface area contributed by atoms with Gasteiger partial charge in [-0.05, 0) is 31.2 Å². The van der Waals surface area contributed by atoms with Crippen LogP contribution in [-0.4, -0.2) is 24.7 Å². The highest BCUT2D eigenvalue weighted by molar-refractivity contribution is 5.48. The van der Waals surface area contributed by atoms with Crippen molar-refractivity contribution in [1.82, 2.24) is 4.90 Å². The van der Waals surface area contributed by atoms with E-state index in [0.717, 1.165) is 11.1 Å². The Morgan fingerprint density at radius 3 is 2.44 bits per heavy atom. The zero-order valence-electron chi connectivity index (χ0n) is 9.30. The highest BCUT2D eigenvalue weighted by Crippen LogP contribution is 2.18. The molecule has 2 N–H and O–H groups in total. The van der Waals surface area contributed by atoms with Crippen molar-refractivity contribution >= 4 is 5.69 Å². The molecular weight excluding hydrogens is 217 g/mol. The molecule has 1 aromatic carbocycles. The first-order chi connectivity index (χ1) is 7.28. The zero-order chi connectivity index (χ0) is 12.3. The van der Waals surface area contributed by atoms with Gasteiger partial charge in [0.15, 0.2) is 0 Å². The lowest BCUT2D eigenvalue weighted by Crippen LogP contribution is -2.30. The van der Waals surface area contributed by atoms with Gasteiger partial charge in [0.2, 0.25) is 0 Å². The minimum atomic E-state index is -4.16. The maximum Gasteiger partial charge on any atom is 0.401 e. The fourth-order valence-electron chi connectivity index (χ4n) is 1.46. The number of rotatable bonds is 3. The molecule has 1 aromatic rings. The Hall–Kier alpha value is -1.23. The Labute approximate surface area is 92.9 Å². The van der Waals surface area contributed by atoms with Gasteiger partial charge < -0.3 is 5.73 Å². The summed E-state index contributed by atoms with van der Waals surface area (Å²) in [6.45, 7) is 1.18. The number of halogens is 3. The third-order valence-corrected chi connectivity index (χ3v) is 2.25. The van der Waals surface area contributed by atoms with Crippen LogP contribution in [0.25, 0.3) is 0 Å². The van der Waals surface area contributed by atoms with Crippen molar-refractivity contribution in [1.29, 1.82) is 0 Å². The summed E-state index contributed by atoms with van der Waals surface area (Å²) in [5, 5.41) is 0. The molecule has 0 aliphatic rings. The summed E-state index contributed by atoms with van der Waals surface area (Å²) < 4.78 is 36.3. The number of hydrogen-bond donors (Lipinski definition) is 1. The highest BCUT2D eigenvalue weighted by atomic mass is 19.4. The maximum absolute atomic E-state index is 12.1. The molecule has 0 bridgehead atoms. The molecule has 5 heteroatoms. The Kier molecular flexibility index (Phi) is 3.80. The molecule has 0 fully saturated rings. The molecule has 0 spiro atoms. The van der Waals surface area contributed by atoms with E-state index in [1.165, 1.54) is 11.9 Å². The zero-order valence-corrected chi connectivity index (χ0v) is 9.30. The first-order valence-electron chi connectivity index (χ1n) is 4.88. The lowest BCUT2D eigenvalue weighted by molar-refractivity contribution is -0.144. The molecule has 0 aromatic heterocycles. The van der Waals surface area contributed by atoms with Gasteiger partial charge in [-0.2, -0.15) is 13.2 Å². The summed E-state index contributed by atoms with van der Waals surface area (Å²) in [6.07, 6.45) is -4.16. The molecule has 0 aliphatic carbocycles. The van der Waals surface area contributed by atoms with Crippen LogP contribution in [-0.2, 0) is 6.54 Å². The Morgan fingerprint density at radius 2 is 1.94 bits per heavy atom. The second kappa shape index (κ2) is 4.74. The maximum atomic E-state index is 12.1. The van der Waals surface area contributed by atoms with E-state index in [4.69, 9.17) is 5.73 Å². The largest absolute Gasteiger partial charge is 0.401 e. The van der Waals surface area contributed by atoms with Crippen LogP contribution in [0.3, 0.4) is 0 Å². The number of nitrogen functional groups attached to an aromatic ring is 1. The summed E-state index contributed by atoms with van der Waals surface area (Å²) in [5.41, 5.74) is 8.01. The van der Waals surface area contributed by atoms with Crippen LogP contribution in [0.4, 0.5) is 18.9 Å². The summed E-state index contributed by atoms with van der Waals surface area (Å²) in [4.78, 5) is 1.21. The van der Waals surface area contributed by atoms with E-state index in [-0.39, 0.29) is 6.54 Å². The molecule has 0 amide bonds. The summed E-state index contributed by atoms with van der Waals surface area (Å²) in [6, 6.07) is 5.31. The molecular formula is C11H15F3N2. The van der Waals surface area contributed by atoms with Crippen molar-refractivity contribution in [3.8, 4) is 0 Å². The van der Waals surface area contributed by atoms with E-state index in [1.54, 1.807) is 12.1 Å². The topological polar surface area (TPSA) is 29.3 Å². The number of nitrogens with zero attached hydrogens (tertiary/aromatic N) is 1. The van der Waals surface area contributed by atoms with E-state index in [0.29, 0.717) is 5.69 Å². The first-order valence-corrected chi connectivity index (χ1v) is 4.88. The van der Waals surface area contributed by atoms with Crippen LogP contribution in [0.1, 0.15) is 11.1 Å². The van der Waals surface area contributed by atoms with Crippen molar-refractivity contribution in [2.24, 2.45) is 0 Å². The average Bonchev–Trinajstić information content (AvgIpc) is 2.08. The first kappa shape index (κ1) is 12.8. The standard InChI is InChI=1S/C11H15F3N2/c1-8-3-4-9(5-10(8)15)6-16(2)7-11(12,13)14/h3-5H,6-7,15H2,1-2H3. The van der Waals surface area contributed by atoms with Crippen LogP contribution in [0.5, 0.6) is 0 Å². The molecule has 0 atom stereocenters. The van der Waals surface area contributed by atoms with Gasteiger partial charge in [-0.3, -0.25) is 4.90 Å². The Morgan fingerprint density at radius 1 is 1.31 bits per heavy atom. The van der Waals surface area contributed by atoms with E-state index < -0.39 is 12.7 Å². The SMILES string of the molecule is Cc1ccc(CN(C)CC(F)(F)F)cc1N. The number of benzene rings is 1. The molecule has 1 rings (SSSR count). The third-order valence-electron chi connectivity index (χ3n) is 2.25. The van der Waals surface area contributed by atoms with E-state index in [2.05, 4.69) is 0 Å². The molecule has 2 nitrogen and oxygen atoms in total. The van der Waals surface area contributed by atoms with Crippen molar-refractivity contribution in [3.63, 3.8) is 0 Å². The summed E-state index contributed by atoms with van der Waals surface area (Å²) in [5.74, 6) is 0. The fraction of sp³-hybridized carbons (Fsp3) is 0.455. The predicted molar refractivity (Wildman–Crippen MR) is 58.0 cm³/mol. The second-order valence-electron chi connectivity index (χ2n) is 3.98. The van der Waals surface area contributed by atoms with Crippen LogP contribution < -0.4 is 5.73 Å². The van der Waals surface area contributed by atoms with Crippen molar-refractivity contribution in [3.05, 3.63) is 29.3 Å². The van der Waals surface area contributed by atoms with E-state index in [1.807, 2.05) is 13.0 Å². The summed E-state index contributed by atoms with van der Waals surface area (Å²) in [7, 11) is 1.43. The Balaban J connectivity index is 2.63. The monoisotopic (exact) mass is 232 g/mol. The Bertz CT molecular complexity index is 361. The van der Waals surface area contributed by atoms with Gasteiger partial charge in [-0.1, -0.05) is 12.1 Å². The van der Waals surface area contributed by atoms with E-state index >= 15 is 0 Å². The van der Waals surface area contributed by atoms with Gasteiger partial charge in [0, 0.05) is 12.2 Å². The van der Waals surface area contributed by atoms with Crippen molar-refractivity contribution < 1.29 is 13.2 Å². The molecule has 90 valence electrons. The second-order valence-corrected chi connectivity index (χ2v) is 3.98. The fourth-order valence-corrected chi connectivity index (χ4v) is 1.46. The van der Waals surface area contributed by atoms with Crippen LogP contribution in [0, 0.1) is 6.92 Å². The van der Waals surface area contributed by atoms with Gasteiger partial charge >= 0.3 is 6.18 Å². The molecule has 0 heterocycles. The van der Waals surface area contributed by atoms with Crippen LogP contribution in [0.2, 0.25) is 0 Å². The third kappa shape index (κ3) is 4.10. The lowest BCUT2D eigenvalue weighted by Gasteiger charge is -2.18. The smallest absolute Gasteiger partial charge is 0.399 e. The molecule has 0 saturated carbocycles. The van der Waals surface area contributed by atoms with Gasteiger partial charge in [-0.15, -0.1) is 0 Å². The molecule has 0 saturated heterocycles. The van der Waals surface area contributed by atoms with Crippen LogP contribution >= 0.6 is 0 Å². The van der Waals surface area contributed by atoms with Gasteiger partial charge in [0.05, 0.1) is 6.54 Å². The predicted octanol–water partition coefficient (Wildman–Crippen LogP) is 2.57. The number of nitrogens with two attached hydrogens (primary N) is 1. The van der Waals surface area contributed by atoms with Crippen molar-refractivity contribution in [2.75, 3.05) is 19.3 Å². The summed E-state index contributed by atoms with van der Waals surface area (Å²) >= 11 is 0. The molecule has 0 unspecified atom stereocenters. The quantitative estimate of drug-likeness (QED) is 0.811. The van der Waals surface area contributed by atoms with Crippen molar-refractivity contribution in [2.45, 2.75) is 19.6 Å². The minimum absolute atomic E-state index is 0.240. The highest BCUT2D eigenvalue weighted by Gasteiger charge is 2.28. The molecule has 0 aliphatic heterocycles. The number of hydrogen-bond acceptors (Lipinski definition) is 2. The van der Waals surface area contributed by atoms with E-state index in [9.17, 15) is 13.2 Å². The van der Waals surface area contributed by atoms with Gasteiger partial charge in [0.1, 0.15) is 0 Å². The van der Waals surface area contributed by atoms with Gasteiger partial charge in [0.25, 0.3) is 0 Å². The lowest BCUT2D eigenvalue weighted by atomic mass is 10.1.